The summed E-state index contributed by atoms with van der Waals surface area (Å²) in [5.74, 6) is 5.41. The van der Waals surface area contributed by atoms with Crippen LogP contribution in [0.25, 0.3) is 0 Å². The molecule has 0 unspecified atom stereocenters. The minimum absolute atomic E-state index is 0.241. The van der Waals surface area contributed by atoms with E-state index in [-0.39, 0.29) is 5.91 Å². The maximum absolute atomic E-state index is 12.2. The van der Waals surface area contributed by atoms with Crippen molar-refractivity contribution in [1.82, 2.24) is 4.98 Å². The van der Waals surface area contributed by atoms with Crippen molar-refractivity contribution < 1.29 is 9.53 Å². The lowest BCUT2D eigenvalue weighted by molar-refractivity contribution is 0.102. The van der Waals surface area contributed by atoms with Crippen LogP contribution in [0, 0.1) is 6.92 Å². The van der Waals surface area contributed by atoms with Gasteiger partial charge in [0.25, 0.3) is 5.91 Å². The zero-order valence-electron chi connectivity index (χ0n) is 11.8. The fourth-order valence-electron chi connectivity index (χ4n) is 1.78. The summed E-state index contributed by atoms with van der Waals surface area (Å²) in [5, 5.41) is 6.22. The molecule has 0 bridgehead atoms. The quantitative estimate of drug-likeness (QED) is 0.510. The first kappa shape index (κ1) is 14.5. The standard InChI is InChI=1S/C15H16N4O2/c1-10-3-6-13(9-17-10)19-15(20)11-4-5-12(8-18-16)14(7-11)21-2/h3-9H,16H2,1-2H3,(H,19,20). The maximum atomic E-state index is 12.2. The van der Waals surface area contributed by atoms with Gasteiger partial charge in [0, 0.05) is 16.8 Å². The first-order chi connectivity index (χ1) is 10.1. The van der Waals surface area contributed by atoms with Crippen LogP contribution in [0.5, 0.6) is 5.75 Å². The molecule has 1 amide bonds. The van der Waals surface area contributed by atoms with E-state index in [1.54, 1.807) is 30.5 Å². The van der Waals surface area contributed by atoms with E-state index in [1.807, 2.05) is 13.0 Å². The van der Waals surface area contributed by atoms with Gasteiger partial charge in [-0.15, -0.1) is 0 Å². The van der Waals surface area contributed by atoms with Gasteiger partial charge in [-0.25, -0.2) is 0 Å². The number of aromatic nitrogens is 1. The molecule has 3 N–H and O–H groups in total. The van der Waals surface area contributed by atoms with Crippen molar-refractivity contribution in [2.75, 3.05) is 12.4 Å². The molecule has 1 aromatic carbocycles. The number of carbonyl (C=O) groups excluding carboxylic acids is 1. The minimum Gasteiger partial charge on any atom is -0.496 e. The number of nitrogens with zero attached hydrogens (tertiary/aromatic N) is 2. The second-order valence-electron chi connectivity index (χ2n) is 4.38. The third-order valence-electron chi connectivity index (χ3n) is 2.88. The number of hydrogen-bond acceptors (Lipinski definition) is 5. The number of amides is 1. The van der Waals surface area contributed by atoms with Gasteiger partial charge in [0.05, 0.1) is 25.2 Å². The van der Waals surface area contributed by atoms with Gasteiger partial charge in [-0.1, -0.05) is 0 Å². The highest BCUT2D eigenvalue weighted by Crippen LogP contribution is 2.19. The Kier molecular flexibility index (Phi) is 4.50. The lowest BCUT2D eigenvalue weighted by Crippen LogP contribution is -2.12. The van der Waals surface area contributed by atoms with Crippen LogP contribution in [-0.4, -0.2) is 24.2 Å². The fraction of sp³-hybridized carbons (Fsp3) is 0.133. The van der Waals surface area contributed by atoms with E-state index < -0.39 is 0 Å². The van der Waals surface area contributed by atoms with Crippen molar-refractivity contribution in [3.63, 3.8) is 0 Å². The third kappa shape index (κ3) is 3.56. The van der Waals surface area contributed by atoms with Gasteiger partial charge in [0.2, 0.25) is 0 Å². The van der Waals surface area contributed by atoms with E-state index in [4.69, 9.17) is 10.6 Å². The molecule has 6 heteroatoms. The summed E-state index contributed by atoms with van der Waals surface area (Å²) < 4.78 is 5.22. The molecular formula is C15H16N4O2. The summed E-state index contributed by atoms with van der Waals surface area (Å²) in [7, 11) is 1.52. The summed E-state index contributed by atoms with van der Waals surface area (Å²) in [6.45, 7) is 1.88. The Labute approximate surface area is 122 Å². The zero-order chi connectivity index (χ0) is 15.2. The summed E-state index contributed by atoms with van der Waals surface area (Å²) in [4.78, 5) is 16.3. The van der Waals surface area contributed by atoms with E-state index in [1.165, 1.54) is 13.3 Å². The Bertz CT molecular complexity index is 666. The Morgan fingerprint density at radius 2 is 2.19 bits per heavy atom. The van der Waals surface area contributed by atoms with Gasteiger partial charge in [0.1, 0.15) is 5.75 Å². The molecule has 1 heterocycles. The van der Waals surface area contributed by atoms with Crippen molar-refractivity contribution in [3.05, 3.63) is 53.3 Å². The van der Waals surface area contributed by atoms with Gasteiger partial charge in [-0.3, -0.25) is 9.78 Å². The zero-order valence-corrected chi connectivity index (χ0v) is 11.8. The topological polar surface area (TPSA) is 89.6 Å². The molecule has 0 aliphatic carbocycles. The highest BCUT2D eigenvalue weighted by Gasteiger charge is 2.10. The molecule has 0 fully saturated rings. The molecule has 0 spiro atoms. The number of hydrogen-bond donors (Lipinski definition) is 2. The van der Waals surface area contributed by atoms with Crippen LogP contribution in [0.15, 0.2) is 41.6 Å². The lowest BCUT2D eigenvalue weighted by Gasteiger charge is -2.08. The number of rotatable bonds is 4. The highest BCUT2D eigenvalue weighted by molar-refractivity contribution is 6.05. The molecule has 0 saturated carbocycles. The van der Waals surface area contributed by atoms with Crippen LogP contribution in [0.2, 0.25) is 0 Å². The predicted molar refractivity (Wildman–Crippen MR) is 81.7 cm³/mol. The lowest BCUT2D eigenvalue weighted by atomic mass is 10.1. The number of hydrazone groups is 1. The SMILES string of the molecule is COc1cc(C(=O)Nc2ccc(C)nc2)ccc1C=NN. The van der Waals surface area contributed by atoms with Crippen molar-refractivity contribution in [3.8, 4) is 5.75 Å². The Morgan fingerprint density at radius 3 is 2.81 bits per heavy atom. The van der Waals surface area contributed by atoms with Crippen molar-refractivity contribution in [2.24, 2.45) is 10.9 Å². The molecular weight excluding hydrogens is 268 g/mol. The van der Waals surface area contributed by atoms with E-state index in [0.29, 0.717) is 22.6 Å². The second kappa shape index (κ2) is 6.51. The van der Waals surface area contributed by atoms with Gasteiger partial charge in [0.15, 0.2) is 0 Å². The van der Waals surface area contributed by atoms with Gasteiger partial charge in [-0.2, -0.15) is 5.10 Å². The average Bonchev–Trinajstić information content (AvgIpc) is 2.50. The van der Waals surface area contributed by atoms with Gasteiger partial charge >= 0.3 is 0 Å². The Hall–Kier alpha value is -2.89. The van der Waals surface area contributed by atoms with Crippen LogP contribution < -0.4 is 15.9 Å². The third-order valence-corrected chi connectivity index (χ3v) is 2.88. The average molecular weight is 284 g/mol. The highest BCUT2D eigenvalue weighted by atomic mass is 16.5. The molecule has 0 atom stereocenters. The minimum atomic E-state index is -0.241. The number of nitrogens with two attached hydrogens (primary N) is 1. The van der Waals surface area contributed by atoms with Crippen LogP contribution in [0.1, 0.15) is 21.6 Å². The fourth-order valence-corrected chi connectivity index (χ4v) is 1.78. The summed E-state index contributed by atoms with van der Waals surface area (Å²) >= 11 is 0. The number of pyridine rings is 1. The number of ether oxygens (including phenoxy) is 1. The monoisotopic (exact) mass is 284 g/mol. The molecule has 0 saturated heterocycles. The predicted octanol–water partition coefficient (Wildman–Crippen LogP) is 1.94. The molecule has 0 radical (unpaired) electrons. The van der Waals surface area contributed by atoms with Crippen molar-refractivity contribution in [1.29, 1.82) is 0 Å². The molecule has 2 rings (SSSR count). The molecule has 1 aromatic heterocycles. The number of methoxy groups -OCH3 is 1. The summed E-state index contributed by atoms with van der Waals surface area (Å²) in [6, 6.07) is 8.66. The molecule has 6 nitrogen and oxygen atoms in total. The number of aryl methyl sites for hydroxylation is 1. The van der Waals surface area contributed by atoms with Crippen LogP contribution in [-0.2, 0) is 0 Å². The molecule has 0 aliphatic heterocycles. The normalized spacial score (nSPS) is 10.6. The molecule has 2 aromatic rings. The van der Waals surface area contributed by atoms with E-state index in [9.17, 15) is 4.79 Å². The number of benzene rings is 1. The van der Waals surface area contributed by atoms with Crippen LogP contribution in [0.3, 0.4) is 0 Å². The van der Waals surface area contributed by atoms with E-state index in [0.717, 1.165) is 5.69 Å². The van der Waals surface area contributed by atoms with Crippen LogP contribution in [0.4, 0.5) is 5.69 Å². The number of nitrogens with one attached hydrogen (secondary N) is 1. The number of carbonyl (C=O) groups is 1. The largest absolute Gasteiger partial charge is 0.496 e. The van der Waals surface area contributed by atoms with E-state index >= 15 is 0 Å². The first-order valence-electron chi connectivity index (χ1n) is 6.29. The smallest absolute Gasteiger partial charge is 0.255 e. The second-order valence-corrected chi connectivity index (χ2v) is 4.38. The Balaban J connectivity index is 2.21. The van der Waals surface area contributed by atoms with Crippen molar-refractivity contribution >= 4 is 17.8 Å². The summed E-state index contributed by atoms with van der Waals surface area (Å²) in [5.41, 5.74) is 2.70. The molecule has 21 heavy (non-hydrogen) atoms. The van der Waals surface area contributed by atoms with Crippen molar-refractivity contribution in [2.45, 2.75) is 6.92 Å². The molecule has 0 aliphatic rings. The summed E-state index contributed by atoms with van der Waals surface area (Å²) in [6.07, 6.45) is 3.07. The Morgan fingerprint density at radius 1 is 1.38 bits per heavy atom. The first-order valence-corrected chi connectivity index (χ1v) is 6.29. The van der Waals surface area contributed by atoms with Crippen LogP contribution >= 0.6 is 0 Å². The van der Waals surface area contributed by atoms with Gasteiger partial charge < -0.3 is 15.9 Å². The maximum Gasteiger partial charge on any atom is 0.255 e. The molecule has 108 valence electrons. The van der Waals surface area contributed by atoms with Gasteiger partial charge in [-0.05, 0) is 37.3 Å². The number of anilines is 1. The van der Waals surface area contributed by atoms with E-state index in [2.05, 4.69) is 15.4 Å².